The number of likely N-dealkylation sites (N-methyl/N-ethyl adjacent to an activating group) is 1. The van der Waals surface area contributed by atoms with E-state index in [0.717, 1.165) is 0 Å². The molecule has 0 saturated heterocycles. The van der Waals surface area contributed by atoms with E-state index in [-0.39, 0.29) is 12.1 Å². The van der Waals surface area contributed by atoms with Crippen molar-refractivity contribution < 1.29 is 18.3 Å². The average Bonchev–Trinajstić information content (AvgIpc) is 2.11. The Morgan fingerprint density at radius 2 is 1.79 bits per heavy atom. The van der Waals surface area contributed by atoms with Gasteiger partial charge in [0.05, 0.1) is 6.10 Å². The molecule has 0 fully saturated rings. The first-order valence-corrected chi connectivity index (χ1v) is 4.03. The first-order chi connectivity index (χ1) is 6.56. The normalized spacial score (nSPS) is 12.9. The zero-order valence-electron chi connectivity index (χ0n) is 7.52. The van der Waals surface area contributed by atoms with Gasteiger partial charge in [0.2, 0.25) is 0 Å². The van der Waals surface area contributed by atoms with Crippen molar-refractivity contribution in [2.24, 2.45) is 0 Å². The highest BCUT2D eigenvalue weighted by Gasteiger charge is 2.15. The Kier molecular flexibility index (Phi) is 3.49. The van der Waals surface area contributed by atoms with Crippen LogP contribution in [0.1, 0.15) is 11.7 Å². The third-order valence-electron chi connectivity index (χ3n) is 1.80. The maximum absolute atomic E-state index is 13.0. The summed E-state index contributed by atoms with van der Waals surface area (Å²) in [5.41, 5.74) is -0.252. The van der Waals surface area contributed by atoms with Crippen molar-refractivity contribution in [3.8, 4) is 0 Å². The number of hydrogen-bond acceptors (Lipinski definition) is 2. The van der Waals surface area contributed by atoms with Crippen molar-refractivity contribution in [3.05, 3.63) is 35.1 Å². The van der Waals surface area contributed by atoms with Crippen molar-refractivity contribution in [2.45, 2.75) is 6.10 Å². The molecule has 1 unspecified atom stereocenters. The molecule has 2 N–H and O–H groups in total. The molecule has 5 heteroatoms. The van der Waals surface area contributed by atoms with Gasteiger partial charge in [-0.25, -0.2) is 13.2 Å². The molecule has 0 spiro atoms. The molecule has 0 radical (unpaired) electrons. The molecule has 0 aliphatic carbocycles. The number of hydrogen-bond donors (Lipinski definition) is 2. The quantitative estimate of drug-likeness (QED) is 0.730. The van der Waals surface area contributed by atoms with Crippen LogP contribution in [0.15, 0.2) is 12.1 Å². The van der Waals surface area contributed by atoms with E-state index in [0.29, 0.717) is 12.1 Å². The van der Waals surface area contributed by atoms with Gasteiger partial charge in [-0.1, -0.05) is 0 Å². The Hall–Kier alpha value is -1.07. The average molecular weight is 205 g/mol. The van der Waals surface area contributed by atoms with Gasteiger partial charge in [0.15, 0.2) is 11.6 Å². The Morgan fingerprint density at radius 1 is 1.21 bits per heavy atom. The minimum atomic E-state index is -1.26. The summed E-state index contributed by atoms with van der Waals surface area (Å²) in [5.74, 6) is -3.38. The molecular formula is C9H10F3NO. The van der Waals surface area contributed by atoms with Crippen LogP contribution in [-0.4, -0.2) is 18.7 Å². The molecule has 0 aromatic heterocycles. The van der Waals surface area contributed by atoms with Gasteiger partial charge >= 0.3 is 0 Å². The van der Waals surface area contributed by atoms with Crippen molar-refractivity contribution >= 4 is 0 Å². The van der Waals surface area contributed by atoms with Crippen molar-refractivity contribution in [3.63, 3.8) is 0 Å². The Morgan fingerprint density at radius 3 is 2.36 bits per heavy atom. The lowest BCUT2D eigenvalue weighted by atomic mass is 10.1. The summed E-state index contributed by atoms with van der Waals surface area (Å²) < 4.78 is 38.2. The monoisotopic (exact) mass is 205 g/mol. The lowest BCUT2D eigenvalue weighted by Crippen LogP contribution is -2.18. The minimum absolute atomic E-state index is 0.0714. The van der Waals surface area contributed by atoms with Crippen molar-refractivity contribution in [1.29, 1.82) is 0 Å². The summed E-state index contributed by atoms with van der Waals surface area (Å²) in [6, 6.07) is 1.08. The zero-order valence-corrected chi connectivity index (χ0v) is 7.52. The van der Waals surface area contributed by atoms with Gasteiger partial charge in [-0.15, -0.1) is 0 Å². The van der Waals surface area contributed by atoms with Crippen molar-refractivity contribution in [1.82, 2.24) is 5.32 Å². The summed E-state index contributed by atoms with van der Waals surface area (Å²) in [5, 5.41) is 11.9. The fraction of sp³-hybridized carbons (Fsp3) is 0.333. The zero-order chi connectivity index (χ0) is 10.7. The number of rotatable bonds is 3. The molecule has 14 heavy (non-hydrogen) atoms. The first-order valence-electron chi connectivity index (χ1n) is 4.03. The predicted molar refractivity (Wildman–Crippen MR) is 45.2 cm³/mol. The summed E-state index contributed by atoms with van der Waals surface area (Å²) in [6.07, 6.45) is -1.19. The van der Waals surface area contributed by atoms with E-state index < -0.39 is 23.6 Å². The molecule has 78 valence electrons. The Balaban J connectivity index is 3.02. The maximum Gasteiger partial charge on any atom is 0.161 e. The van der Waals surface area contributed by atoms with Gasteiger partial charge in [0.1, 0.15) is 5.82 Å². The second-order valence-electron chi connectivity index (χ2n) is 2.86. The lowest BCUT2D eigenvalue weighted by molar-refractivity contribution is 0.172. The fourth-order valence-electron chi connectivity index (χ4n) is 1.10. The van der Waals surface area contributed by atoms with E-state index >= 15 is 0 Å². The Bertz CT molecular complexity index is 330. The molecule has 1 aromatic carbocycles. The van der Waals surface area contributed by atoms with E-state index in [1.165, 1.54) is 0 Å². The molecule has 0 aliphatic heterocycles. The summed E-state index contributed by atoms with van der Waals surface area (Å²) in [6.45, 7) is 0.0714. The molecule has 1 aromatic rings. The highest BCUT2D eigenvalue weighted by molar-refractivity contribution is 5.22. The van der Waals surface area contributed by atoms with Gasteiger partial charge in [-0.2, -0.15) is 0 Å². The maximum atomic E-state index is 13.0. The molecule has 0 heterocycles. The van der Waals surface area contributed by atoms with E-state index in [1.807, 2.05) is 0 Å². The van der Waals surface area contributed by atoms with Crippen LogP contribution in [0.3, 0.4) is 0 Å². The molecule has 0 saturated carbocycles. The van der Waals surface area contributed by atoms with Crippen LogP contribution < -0.4 is 5.32 Å². The summed E-state index contributed by atoms with van der Waals surface area (Å²) in [7, 11) is 1.56. The topological polar surface area (TPSA) is 32.3 Å². The molecule has 1 rings (SSSR count). The van der Waals surface area contributed by atoms with E-state index in [1.54, 1.807) is 7.05 Å². The van der Waals surface area contributed by atoms with Crippen LogP contribution >= 0.6 is 0 Å². The van der Waals surface area contributed by atoms with Crippen LogP contribution in [-0.2, 0) is 0 Å². The standard InChI is InChI=1S/C9H10F3NO/c1-13-4-9(14)5-2-7(11)8(12)3-6(5)10/h2-3,9,13-14H,4H2,1H3. The molecular weight excluding hydrogens is 195 g/mol. The fourth-order valence-corrected chi connectivity index (χ4v) is 1.10. The minimum Gasteiger partial charge on any atom is -0.387 e. The smallest absolute Gasteiger partial charge is 0.161 e. The van der Waals surface area contributed by atoms with Gasteiger partial charge < -0.3 is 10.4 Å². The number of nitrogens with one attached hydrogen (secondary N) is 1. The largest absolute Gasteiger partial charge is 0.387 e. The van der Waals surface area contributed by atoms with E-state index in [2.05, 4.69) is 5.32 Å². The van der Waals surface area contributed by atoms with Gasteiger partial charge in [-0.05, 0) is 13.1 Å². The summed E-state index contributed by atoms with van der Waals surface area (Å²) >= 11 is 0. The lowest BCUT2D eigenvalue weighted by Gasteiger charge is -2.11. The van der Waals surface area contributed by atoms with Crippen LogP contribution in [0, 0.1) is 17.5 Å². The van der Waals surface area contributed by atoms with E-state index in [9.17, 15) is 18.3 Å². The molecule has 0 amide bonds. The van der Waals surface area contributed by atoms with E-state index in [4.69, 9.17) is 0 Å². The highest BCUT2D eigenvalue weighted by Crippen LogP contribution is 2.19. The second kappa shape index (κ2) is 4.43. The van der Waals surface area contributed by atoms with Crippen LogP contribution in [0.25, 0.3) is 0 Å². The highest BCUT2D eigenvalue weighted by atomic mass is 19.2. The van der Waals surface area contributed by atoms with Gasteiger partial charge in [0, 0.05) is 18.2 Å². The first kappa shape index (κ1) is 11.0. The second-order valence-corrected chi connectivity index (χ2v) is 2.86. The molecule has 2 nitrogen and oxygen atoms in total. The van der Waals surface area contributed by atoms with Gasteiger partial charge in [-0.3, -0.25) is 0 Å². The van der Waals surface area contributed by atoms with Crippen LogP contribution in [0.4, 0.5) is 13.2 Å². The third-order valence-corrected chi connectivity index (χ3v) is 1.80. The Labute approximate surface area is 79.4 Å². The SMILES string of the molecule is CNCC(O)c1cc(F)c(F)cc1F. The predicted octanol–water partition coefficient (Wildman–Crippen LogP) is 1.36. The van der Waals surface area contributed by atoms with Crippen LogP contribution in [0.5, 0.6) is 0 Å². The third kappa shape index (κ3) is 2.24. The van der Waals surface area contributed by atoms with Crippen LogP contribution in [0.2, 0.25) is 0 Å². The summed E-state index contributed by atoms with van der Waals surface area (Å²) in [4.78, 5) is 0. The van der Waals surface area contributed by atoms with Crippen molar-refractivity contribution in [2.75, 3.05) is 13.6 Å². The number of aliphatic hydroxyl groups is 1. The molecule has 0 bridgehead atoms. The number of aliphatic hydroxyl groups excluding tert-OH is 1. The number of halogens is 3. The molecule has 0 aliphatic rings. The number of benzene rings is 1. The van der Waals surface area contributed by atoms with Gasteiger partial charge in [0.25, 0.3) is 0 Å². The molecule has 1 atom stereocenters.